The Labute approximate surface area is 125 Å². The minimum atomic E-state index is 0.761. The van der Waals surface area contributed by atoms with Gasteiger partial charge in [0, 0.05) is 18.1 Å². The van der Waals surface area contributed by atoms with Crippen molar-refractivity contribution in [1.29, 1.82) is 0 Å². The first-order chi connectivity index (χ1) is 9.79. The molecule has 0 radical (unpaired) electrons. The summed E-state index contributed by atoms with van der Waals surface area (Å²) in [5.41, 5.74) is 0. The van der Waals surface area contributed by atoms with Crippen molar-refractivity contribution in [2.45, 2.75) is 89.8 Å². The van der Waals surface area contributed by atoms with Crippen LogP contribution in [0.15, 0.2) is 0 Å². The zero-order chi connectivity index (χ0) is 13.9. The number of nitrogens with zero attached hydrogens (tertiary/aromatic N) is 1. The molecule has 1 saturated heterocycles. The van der Waals surface area contributed by atoms with Crippen LogP contribution in [0.5, 0.6) is 0 Å². The van der Waals surface area contributed by atoms with Crippen molar-refractivity contribution in [3.63, 3.8) is 0 Å². The van der Waals surface area contributed by atoms with Gasteiger partial charge < -0.3 is 5.32 Å². The maximum Gasteiger partial charge on any atom is 0.0254 e. The lowest BCUT2D eigenvalue weighted by Crippen LogP contribution is -2.59. The van der Waals surface area contributed by atoms with Crippen LogP contribution in [0.1, 0.15) is 71.6 Å². The van der Waals surface area contributed by atoms with Crippen LogP contribution in [0, 0.1) is 11.8 Å². The monoisotopic (exact) mass is 278 g/mol. The maximum atomic E-state index is 3.81. The molecule has 0 aromatic rings. The molecule has 1 aliphatic heterocycles. The van der Waals surface area contributed by atoms with Gasteiger partial charge in [-0.3, -0.25) is 4.90 Å². The fourth-order valence-corrected chi connectivity index (χ4v) is 5.29. The molecule has 0 bridgehead atoms. The van der Waals surface area contributed by atoms with Gasteiger partial charge in [-0.2, -0.15) is 0 Å². The Morgan fingerprint density at radius 1 is 0.950 bits per heavy atom. The Balaban J connectivity index is 1.73. The molecule has 0 amide bonds. The van der Waals surface area contributed by atoms with Gasteiger partial charge in [0.25, 0.3) is 0 Å². The fraction of sp³-hybridized carbons (Fsp3) is 1.00. The van der Waals surface area contributed by atoms with Crippen molar-refractivity contribution in [3.8, 4) is 0 Å². The second kappa shape index (κ2) is 6.79. The average Bonchev–Trinajstić information content (AvgIpc) is 2.49. The number of fused-ring (bicyclic) bond motifs is 1. The summed E-state index contributed by atoms with van der Waals surface area (Å²) in [6, 6.07) is 2.51. The van der Waals surface area contributed by atoms with E-state index in [1.165, 1.54) is 64.3 Å². The van der Waals surface area contributed by atoms with Crippen molar-refractivity contribution < 1.29 is 0 Å². The molecular weight excluding hydrogens is 244 g/mol. The number of likely N-dealkylation sites (tertiary alicyclic amines) is 1. The Hall–Kier alpha value is -0.0800. The molecular formula is C18H34N2. The standard InChI is InChI=1S/C18H34N2/c1-3-19-16-11-10-14(2)13-18(16)20-12-6-8-15-7-4-5-9-17(15)20/h14-19H,3-13H2,1-2H3/t14?,15-,16?,17-,18?/m1/s1. The minimum absolute atomic E-state index is 0.761. The summed E-state index contributed by atoms with van der Waals surface area (Å²) in [5, 5.41) is 3.81. The first-order valence-electron chi connectivity index (χ1n) is 9.28. The number of likely N-dealkylation sites (N-methyl/N-ethyl adjacent to an activating group) is 1. The van der Waals surface area contributed by atoms with Crippen LogP contribution in [0.2, 0.25) is 0 Å². The highest BCUT2D eigenvalue weighted by Gasteiger charge is 2.40. The van der Waals surface area contributed by atoms with Gasteiger partial charge >= 0.3 is 0 Å². The second-order valence-electron chi connectivity index (χ2n) is 7.64. The highest BCUT2D eigenvalue weighted by molar-refractivity contribution is 4.97. The Morgan fingerprint density at radius 2 is 1.75 bits per heavy atom. The van der Waals surface area contributed by atoms with Crippen molar-refractivity contribution >= 4 is 0 Å². The van der Waals surface area contributed by atoms with Crippen molar-refractivity contribution in [2.75, 3.05) is 13.1 Å². The molecule has 116 valence electrons. The predicted molar refractivity (Wildman–Crippen MR) is 86.0 cm³/mol. The molecule has 2 nitrogen and oxygen atoms in total. The Kier molecular flexibility index (Phi) is 5.04. The summed E-state index contributed by atoms with van der Waals surface area (Å²) in [7, 11) is 0. The van der Waals surface area contributed by atoms with Gasteiger partial charge in [0.15, 0.2) is 0 Å². The average molecular weight is 278 g/mol. The zero-order valence-electron chi connectivity index (χ0n) is 13.6. The molecule has 3 aliphatic rings. The van der Waals surface area contributed by atoms with E-state index in [0.29, 0.717) is 0 Å². The van der Waals surface area contributed by atoms with Crippen LogP contribution in [0.4, 0.5) is 0 Å². The summed E-state index contributed by atoms with van der Waals surface area (Å²) in [5.74, 6) is 1.95. The van der Waals surface area contributed by atoms with E-state index < -0.39 is 0 Å². The van der Waals surface area contributed by atoms with Crippen LogP contribution in [-0.4, -0.2) is 36.1 Å². The van der Waals surface area contributed by atoms with E-state index in [1.807, 2.05) is 0 Å². The Morgan fingerprint density at radius 3 is 2.60 bits per heavy atom. The van der Waals surface area contributed by atoms with Gasteiger partial charge in [-0.25, -0.2) is 0 Å². The summed E-state index contributed by atoms with van der Waals surface area (Å²) >= 11 is 0. The predicted octanol–water partition coefficient (Wildman–Crippen LogP) is 3.81. The molecule has 0 aromatic heterocycles. The van der Waals surface area contributed by atoms with Gasteiger partial charge in [0.05, 0.1) is 0 Å². The third-order valence-electron chi connectivity index (χ3n) is 6.26. The number of hydrogen-bond donors (Lipinski definition) is 1. The first kappa shape index (κ1) is 14.8. The van der Waals surface area contributed by atoms with Crippen LogP contribution in [0.25, 0.3) is 0 Å². The summed E-state index contributed by atoms with van der Waals surface area (Å²) in [6.45, 7) is 7.25. The first-order valence-corrected chi connectivity index (χ1v) is 9.28. The van der Waals surface area contributed by atoms with E-state index in [2.05, 4.69) is 24.1 Å². The maximum absolute atomic E-state index is 3.81. The van der Waals surface area contributed by atoms with Crippen molar-refractivity contribution in [2.24, 2.45) is 11.8 Å². The van der Waals surface area contributed by atoms with Crippen LogP contribution in [-0.2, 0) is 0 Å². The quantitative estimate of drug-likeness (QED) is 0.844. The molecule has 0 spiro atoms. The van der Waals surface area contributed by atoms with Crippen molar-refractivity contribution in [3.05, 3.63) is 0 Å². The van der Waals surface area contributed by atoms with Gasteiger partial charge in [0.1, 0.15) is 0 Å². The van der Waals surface area contributed by atoms with E-state index in [9.17, 15) is 0 Å². The molecule has 2 aliphatic carbocycles. The lowest BCUT2D eigenvalue weighted by atomic mass is 9.75. The number of nitrogens with one attached hydrogen (secondary N) is 1. The molecule has 3 unspecified atom stereocenters. The van der Waals surface area contributed by atoms with Gasteiger partial charge in [-0.05, 0) is 69.9 Å². The summed E-state index contributed by atoms with van der Waals surface area (Å²) < 4.78 is 0. The van der Waals surface area contributed by atoms with E-state index in [4.69, 9.17) is 0 Å². The van der Waals surface area contributed by atoms with Crippen LogP contribution in [0.3, 0.4) is 0 Å². The van der Waals surface area contributed by atoms with Gasteiger partial charge in [-0.15, -0.1) is 0 Å². The van der Waals surface area contributed by atoms with Crippen LogP contribution < -0.4 is 5.32 Å². The summed E-state index contributed by atoms with van der Waals surface area (Å²) in [4.78, 5) is 2.97. The molecule has 0 aromatic carbocycles. The highest BCUT2D eigenvalue weighted by Crippen LogP contribution is 2.39. The van der Waals surface area contributed by atoms with E-state index in [1.54, 1.807) is 0 Å². The molecule has 2 heteroatoms. The SMILES string of the molecule is CCNC1CCC(C)CC1N1CCC[C@H]2CCCC[C@H]21. The lowest BCUT2D eigenvalue weighted by Gasteiger charge is -2.51. The lowest BCUT2D eigenvalue weighted by molar-refractivity contribution is -0.00694. The number of hydrogen-bond acceptors (Lipinski definition) is 2. The van der Waals surface area contributed by atoms with E-state index in [0.717, 1.165) is 36.5 Å². The third-order valence-corrected chi connectivity index (χ3v) is 6.26. The van der Waals surface area contributed by atoms with E-state index in [-0.39, 0.29) is 0 Å². The summed E-state index contributed by atoms with van der Waals surface area (Å²) in [6.07, 6.45) is 13.2. The second-order valence-corrected chi connectivity index (χ2v) is 7.64. The van der Waals surface area contributed by atoms with E-state index >= 15 is 0 Å². The van der Waals surface area contributed by atoms with Gasteiger partial charge in [0.2, 0.25) is 0 Å². The molecule has 3 rings (SSSR count). The minimum Gasteiger partial charge on any atom is -0.313 e. The number of piperidine rings is 1. The topological polar surface area (TPSA) is 15.3 Å². The normalized spacial score (nSPS) is 43.2. The molecule has 1 N–H and O–H groups in total. The Bertz CT molecular complexity index is 302. The molecule has 5 atom stereocenters. The fourth-order valence-electron chi connectivity index (χ4n) is 5.29. The van der Waals surface area contributed by atoms with Gasteiger partial charge in [-0.1, -0.05) is 26.7 Å². The smallest absolute Gasteiger partial charge is 0.0254 e. The molecule has 2 saturated carbocycles. The molecule has 1 heterocycles. The molecule has 20 heavy (non-hydrogen) atoms. The van der Waals surface area contributed by atoms with Crippen LogP contribution >= 0.6 is 0 Å². The highest BCUT2D eigenvalue weighted by atomic mass is 15.2. The number of rotatable bonds is 3. The zero-order valence-corrected chi connectivity index (χ0v) is 13.6. The molecule has 3 fully saturated rings. The largest absolute Gasteiger partial charge is 0.313 e. The third kappa shape index (κ3) is 3.06. The van der Waals surface area contributed by atoms with Crippen molar-refractivity contribution in [1.82, 2.24) is 10.2 Å².